The molecule has 0 radical (unpaired) electrons. The molecule has 3 nitrogen and oxygen atoms in total. The number of halogens is 3. The number of carbonyl (C=O) groups excluding carboxylic acids is 1. The largest absolute Gasteiger partial charge is 0.417 e. The highest BCUT2D eigenvalue weighted by molar-refractivity contribution is 5.96. The van der Waals surface area contributed by atoms with Crippen LogP contribution in [0.3, 0.4) is 0 Å². The van der Waals surface area contributed by atoms with Crippen LogP contribution in [0.4, 0.5) is 13.2 Å². The Bertz CT molecular complexity index is 501. The summed E-state index contributed by atoms with van der Waals surface area (Å²) in [4.78, 5) is 13.9. The van der Waals surface area contributed by atoms with Gasteiger partial charge in [-0.15, -0.1) is 0 Å². The number of rotatable bonds is 1. The van der Waals surface area contributed by atoms with Crippen molar-refractivity contribution in [2.75, 3.05) is 13.1 Å². The van der Waals surface area contributed by atoms with Crippen LogP contribution in [0.15, 0.2) is 24.3 Å². The van der Waals surface area contributed by atoms with Crippen molar-refractivity contribution in [3.63, 3.8) is 0 Å². The van der Waals surface area contributed by atoms with Gasteiger partial charge in [0.15, 0.2) is 0 Å². The van der Waals surface area contributed by atoms with Crippen LogP contribution >= 0.6 is 0 Å². The van der Waals surface area contributed by atoms with E-state index in [0.29, 0.717) is 13.1 Å². The summed E-state index contributed by atoms with van der Waals surface area (Å²) < 4.78 is 38.9. The van der Waals surface area contributed by atoms with E-state index in [1.54, 1.807) is 0 Å². The fraction of sp³-hybridized carbons (Fsp3) is 0.500. The molecule has 0 bridgehead atoms. The zero-order valence-electron chi connectivity index (χ0n) is 11.4. The van der Waals surface area contributed by atoms with Crippen molar-refractivity contribution in [1.29, 1.82) is 0 Å². The maximum absolute atomic E-state index is 13.0. The smallest absolute Gasteiger partial charge is 0.333 e. The average molecular weight is 286 g/mol. The van der Waals surface area contributed by atoms with E-state index in [9.17, 15) is 18.0 Å². The van der Waals surface area contributed by atoms with Gasteiger partial charge in [-0.05, 0) is 26.0 Å². The quantitative estimate of drug-likeness (QED) is 0.860. The molecule has 0 aliphatic carbocycles. The number of hydrogen-bond donors (Lipinski definition) is 1. The van der Waals surface area contributed by atoms with E-state index in [4.69, 9.17) is 0 Å². The Kier molecular flexibility index (Phi) is 4.04. The average Bonchev–Trinajstić information content (AvgIpc) is 2.40. The molecule has 1 aliphatic rings. The highest BCUT2D eigenvalue weighted by atomic mass is 19.4. The topological polar surface area (TPSA) is 32.3 Å². The number of amides is 1. The molecule has 0 aromatic heterocycles. The zero-order chi connectivity index (χ0) is 14.9. The first kappa shape index (κ1) is 14.8. The van der Waals surface area contributed by atoms with Gasteiger partial charge < -0.3 is 10.2 Å². The molecular formula is C14H17F3N2O. The van der Waals surface area contributed by atoms with E-state index >= 15 is 0 Å². The summed E-state index contributed by atoms with van der Waals surface area (Å²) in [5.74, 6) is -0.557. The van der Waals surface area contributed by atoms with Crippen LogP contribution < -0.4 is 5.32 Å². The van der Waals surface area contributed by atoms with Gasteiger partial charge in [0, 0.05) is 25.2 Å². The molecule has 20 heavy (non-hydrogen) atoms. The molecule has 1 aromatic rings. The number of hydrogen-bond acceptors (Lipinski definition) is 2. The van der Waals surface area contributed by atoms with Crippen LogP contribution in [0, 0.1) is 0 Å². The van der Waals surface area contributed by atoms with Gasteiger partial charge in [-0.1, -0.05) is 12.1 Å². The first-order valence-corrected chi connectivity index (χ1v) is 6.51. The van der Waals surface area contributed by atoms with Crippen LogP contribution in [0.1, 0.15) is 29.8 Å². The lowest BCUT2D eigenvalue weighted by atomic mass is 10.0. The molecule has 110 valence electrons. The van der Waals surface area contributed by atoms with Crippen LogP contribution in [-0.2, 0) is 6.18 Å². The van der Waals surface area contributed by atoms with Crippen LogP contribution in [-0.4, -0.2) is 36.0 Å². The number of benzene rings is 1. The van der Waals surface area contributed by atoms with Gasteiger partial charge >= 0.3 is 6.18 Å². The molecule has 1 amide bonds. The van der Waals surface area contributed by atoms with Crippen molar-refractivity contribution in [2.24, 2.45) is 0 Å². The fourth-order valence-electron chi connectivity index (χ4n) is 2.38. The molecule has 2 rings (SSSR count). The van der Waals surface area contributed by atoms with Crippen molar-refractivity contribution in [3.8, 4) is 0 Å². The SMILES string of the molecule is CC1CN(C(=O)c2ccccc2C(F)(F)F)C(C)CN1. The normalized spacial score (nSPS) is 23.8. The molecule has 1 aromatic carbocycles. The lowest BCUT2D eigenvalue weighted by Gasteiger charge is -2.38. The number of piperazine rings is 1. The second-order valence-corrected chi connectivity index (χ2v) is 5.16. The summed E-state index contributed by atoms with van der Waals surface area (Å²) in [5.41, 5.74) is -1.15. The summed E-state index contributed by atoms with van der Waals surface area (Å²) in [7, 11) is 0. The molecule has 0 saturated carbocycles. The van der Waals surface area contributed by atoms with Crippen molar-refractivity contribution < 1.29 is 18.0 Å². The first-order chi connectivity index (χ1) is 9.30. The molecule has 0 spiro atoms. The summed E-state index contributed by atoms with van der Waals surface area (Å²) in [5, 5.41) is 3.20. The maximum atomic E-state index is 13.0. The Morgan fingerprint density at radius 1 is 1.30 bits per heavy atom. The minimum atomic E-state index is -4.52. The Morgan fingerprint density at radius 3 is 2.60 bits per heavy atom. The molecule has 1 fully saturated rings. The van der Waals surface area contributed by atoms with Crippen molar-refractivity contribution in [3.05, 3.63) is 35.4 Å². The molecule has 2 atom stereocenters. The molecule has 2 unspecified atom stereocenters. The van der Waals surface area contributed by atoms with Gasteiger partial charge in [-0.3, -0.25) is 4.79 Å². The van der Waals surface area contributed by atoms with E-state index in [-0.39, 0.29) is 17.6 Å². The van der Waals surface area contributed by atoms with E-state index in [2.05, 4.69) is 5.32 Å². The molecule has 6 heteroatoms. The summed E-state index contributed by atoms with van der Waals surface area (Å²) in [6.45, 7) is 4.72. The van der Waals surface area contributed by atoms with Gasteiger partial charge in [-0.25, -0.2) is 0 Å². The monoisotopic (exact) mass is 286 g/mol. The summed E-state index contributed by atoms with van der Waals surface area (Å²) in [6.07, 6.45) is -4.52. The minimum absolute atomic E-state index is 0.0770. The first-order valence-electron chi connectivity index (χ1n) is 6.51. The number of alkyl halides is 3. The lowest BCUT2D eigenvalue weighted by Crippen LogP contribution is -2.56. The number of nitrogens with one attached hydrogen (secondary N) is 1. The maximum Gasteiger partial charge on any atom is 0.417 e. The molecule has 1 heterocycles. The predicted molar refractivity (Wildman–Crippen MR) is 69.4 cm³/mol. The van der Waals surface area contributed by atoms with Crippen molar-refractivity contribution in [2.45, 2.75) is 32.1 Å². The third-order valence-corrected chi connectivity index (χ3v) is 3.49. The Balaban J connectivity index is 2.34. The standard InChI is InChI=1S/C14H17F3N2O/c1-9-8-19(10(2)7-18-9)13(20)11-5-3-4-6-12(11)14(15,16)17/h3-6,9-10,18H,7-8H2,1-2H3. The lowest BCUT2D eigenvalue weighted by molar-refractivity contribution is -0.138. The van der Waals surface area contributed by atoms with Gasteiger partial charge in [0.1, 0.15) is 0 Å². The van der Waals surface area contributed by atoms with E-state index in [1.807, 2.05) is 13.8 Å². The van der Waals surface area contributed by atoms with Gasteiger partial charge in [0.2, 0.25) is 0 Å². The zero-order valence-corrected chi connectivity index (χ0v) is 11.4. The molecular weight excluding hydrogens is 269 g/mol. The second-order valence-electron chi connectivity index (χ2n) is 5.16. The van der Waals surface area contributed by atoms with Gasteiger partial charge in [0.25, 0.3) is 5.91 Å². The van der Waals surface area contributed by atoms with Crippen molar-refractivity contribution in [1.82, 2.24) is 10.2 Å². The highest BCUT2D eigenvalue weighted by Gasteiger charge is 2.37. The molecule has 1 saturated heterocycles. The minimum Gasteiger partial charge on any atom is -0.333 e. The van der Waals surface area contributed by atoms with Gasteiger partial charge in [0.05, 0.1) is 11.1 Å². The Hall–Kier alpha value is -1.56. The molecule has 1 N–H and O–H groups in total. The third-order valence-electron chi connectivity index (χ3n) is 3.49. The Morgan fingerprint density at radius 2 is 1.95 bits per heavy atom. The fourth-order valence-corrected chi connectivity index (χ4v) is 2.38. The van der Waals surface area contributed by atoms with Crippen molar-refractivity contribution >= 4 is 5.91 Å². The van der Waals surface area contributed by atoms with E-state index < -0.39 is 17.6 Å². The second kappa shape index (κ2) is 5.44. The van der Waals surface area contributed by atoms with Crippen LogP contribution in [0.5, 0.6) is 0 Å². The van der Waals surface area contributed by atoms with Crippen LogP contribution in [0.2, 0.25) is 0 Å². The molecule has 1 aliphatic heterocycles. The number of carbonyl (C=O) groups is 1. The van der Waals surface area contributed by atoms with E-state index in [0.717, 1.165) is 6.07 Å². The van der Waals surface area contributed by atoms with E-state index in [1.165, 1.54) is 23.1 Å². The third kappa shape index (κ3) is 2.95. The predicted octanol–water partition coefficient (Wildman–Crippen LogP) is 2.53. The Labute approximate surface area is 115 Å². The highest BCUT2D eigenvalue weighted by Crippen LogP contribution is 2.32. The van der Waals surface area contributed by atoms with Crippen LogP contribution in [0.25, 0.3) is 0 Å². The summed E-state index contributed by atoms with van der Waals surface area (Å²) >= 11 is 0. The van der Waals surface area contributed by atoms with Gasteiger partial charge in [-0.2, -0.15) is 13.2 Å². The number of nitrogens with zero attached hydrogens (tertiary/aromatic N) is 1. The summed E-state index contributed by atoms with van der Waals surface area (Å²) in [6, 6.07) is 4.89.